The summed E-state index contributed by atoms with van der Waals surface area (Å²) in [5.74, 6) is -3.08. The summed E-state index contributed by atoms with van der Waals surface area (Å²) in [5, 5.41) is 15.1. The molecule has 1 rings (SSSR count). The topological polar surface area (TPSA) is 53.5 Å². The Hall–Kier alpha value is -0.300. The lowest BCUT2D eigenvalue weighted by molar-refractivity contribution is -0.191. The van der Waals surface area contributed by atoms with E-state index in [9.17, 15) is 13.9 Å². The Bertz CT molecular complexity index is 205. The molecule has 0 aromatic rings. The molecule has 1 aliphatic heterocycles. The minimum Gasteiger partial charge on any atom is -0.383 e. The van der Waals surface area contributed by atoms with Crippen molar-refractivity contribution in [3.05, 3.63) is 0 Å². The van der Waals surface area contributed by atoms with Crippen LogP contribution in [0.1, 0.15) is 6.42 Å². The van der Waals surface area contributed by atoms with E-state index in [4.69, 9.17) is 4.74 Å². The Morgan fingerprint density at radius 1 is 1.53 bits per heavy atom. The molecule has 1 heterocycles. The first-order chi connectivity index (χ1) is 7.02. The molecule has 1 saturated heterocycles. The molecule has 1 unspecified atom stereocenters. The van der Waals surface area contributed by atoms with Crippen molar-refractivity contribution in [1.29, 1.82) is 0 Å². The first-order valence-corrected chi connectivity index (χ1v) is 5.02. The van der Waals surface area contributed by atoms with Gasteiger partial charge < -0.3 is 20.5 Å². The van der Waals surface area contributed by atoms with Gasteiger partial charge in [-0.1, -0.05) is 0 Å². The highest BCUT2D eigenvalue weighted by atomic mass is 19.3. The van der Waals surface area contributed by atoms with Crippen molar-refractivity contribution in [2.24, 2.45) is 0 Å². The van der Waals surface area contributed by atoms with Crippen LogP contribution in [0.5, 0.6) is 0 Å². The first kappa shape index (κ1) is 12.8. The van der Waals surface area contributed by atoms with Crippen LogP contribution in [-0.4, -0.2) is 56.5 Å². The number of methoxy groups -OCH3 is 1. The molecule has 15 heavy (non-hydrogen) atoms. The third-order valence-electron chi connectivity index (χ3n) is 2.64. The Balaban J connectivity index is 2.41. The van der Waals surface area contributed by atoms with Gasteiger partial charge in [-0.2, -0.15) is 0 Å². The van der Waals surface area contributed by atoms with Gasteiger partial charge in [0.25, 0.3) is 5.92 Å². The van der Waals surface area contributed by atoms with Gasteiger partial charge in [0, 0.05) is 20.2 Å². The van der Waals surface area contributed by atoms with Crippen LogP contribution in [0, 0.1) is 0 Å². The zero-order valence-corrected chi connectivity index (χ0v) is 8.85. The van der Waals surface area contributed by atoms with E-state index in [0.717, 1.165) is 0 Å². The molecule has 1 fully saturated rings. The zero-order valence-electron chi connectivity index (χ0n) is 8.85. The number of rotatable bonds is 5. The molecule has 0 radical (unpaired) electrons. The molecule has 1 atom stereocenters. The van der Waals surface area contributed by atoms with Crippen LogP contribution in [0.4, 0.5) is 8.78 Å². The van der Waals surface area contributed by atoms with E-state index in [-0.39, 0.29) is 13.0 Å². The second-order valence-electron chi connectivity index (χ2n) is 3.83. The maximum absolute atomic E-state index is 13.4. The summed E-state index contributed by atoms with van der Waals surface area (Å²) in [7, 11) is 1.54. The third kappa shape index (κ3) is 3.07. The van der Waals surface area contributed by atoms with Gasteiger partial charge in [0.05, 0.1) is 13.2 Å². The molecule has 1 aliphatic rings. The molecule has 0 aliphatic carbocycles. The Labute approximate surface area is 88.0 Å². The van der Waals surface area contributed by atoms with Gasteiger partial charge in [-0.25, -0.2) is 8.78 Å². The minimum absolute atomic E-state index is 0.0555. The largest absolute Gasteiger partial charge is 0.383 e. The molecule has 0 spiro atoms. The highest BCUT2D eigenvalue weighted by Gasteiger charge is 2.53. The van der Waals surface area contributed by atoms with Crippen LogP contribution in [0.2, 0.25) is 0 Å². The summed E-state index contributed by atoms with van der Waals surface area (Å²) in [6.45, 7) is 0.751. The van der Waals surface area contributed by atoms with E-state index >= 15 is 0 Å². The van der Waals surface area contributed by atoms with Crippen LogP contribution < -0.4 is 10.6 Å². The second kappa shape index (κ2) is 5.16. The van der Waals surface area contributed by atoms with Crippen LogP contribution in [-0.2, 0) is 4.74 Å². The Morgan fingerprint density at radius 2 is 2.27 bits per heavy atom. The maximum atomic E-state index is 13.4. The zero-order chi connectivity index (χ0) is 11.4. The van der Waals surface area contributed by atoms with Gasteiger partial charge in [0.2, 0.25) is 0 Å². The fourth-order valence-corrected chi connectivity index (χ4v) is 1.58. The summed E-state index contributed by atoms with van der Waals surface area (Å²) in [4.78, 5) is 0. The number of ether oxygens (including phenoxy) is 1. The van der Waals surface area contributed by atoms with E-state index in [2.05, 4.69) is 10.6 Å². The molecule has 3 N–H and O–H groups in total. The van der Waals surface area contributed by atoms with E-state index in [0.29, 0.717) is 19.7 Å². The molecule has 0 bridgehead atoms. The summed E-state index contributed by atoms with van der Waals surface area (Å²) < 4.78 is 31.5. The van der Waals surface area contributed by atoms with Crippen molar-refractivity contribution in [2.45, 2.75) is 17.9 Å². The predicted octanol–water partition coefficient (Wildman–Crippen LogP) is -0.418. The van der Waals surface area contributed by atoms with Crippen LogP contribution in [0.15, 0.2) is 0 Å². The summed E-state index contributed by atoms with van der Waals surface area (Å²) in [6.07, 6.45) is 0.0555. The monoisotopic (exact) mass is 224 g/mol. The fraction of sp³-hybridized carbons (Fsp3) is 1.00. The lowest BCUT2D eigenvalue weighted by Gasteiger charge is -2.40. The average Bonchev–Trinajstić information content (AvgIpc) is 2.18. The average molecular weight is 224 g/mol. The minimum atomic E-state index is -3.08. The van der Waals surface area contributed by atoms with Crippen molar-refractivity contribution < 1.29 is 18.6 Å². The predicted molar refractivity (Wildman–Crippen MR) is 52.1 cm³/mol. The van der Waals surface area contributed by atoms with Gasteiger partial charge >= 0.3 is 0 Å². The van der Waals surface area contributed by atoms with Crippen molar-refractivity contribution in [2.75, 3.05) is 39.9 Å². The Kier molecular flexibility index (Phi) is 4.39. The number of aliphatic hydroxyl groups is 1. The number of hydrogen-bond acceptors (Lipinski definition) is 4. The van der Waals surface area contributed by atoms with Gasteiger partial charge in [-0.3, -0.25) is 0 Å². The van der Waals surface area contributed by atoms with E-state index in [1.165, 1.54) is 7.11 Å². The normalized spacial score (nSPS) is 30.4. The van der Waals surface area contributed by atoms with Gasteiger partial charge in [0.15, 0.2) is 0 Å². The van der Waals surface area contributed by atoms with Gasteiger partial charge in [0.1, 0.15) is 5.60 Å². The number of alkyl halides is 2. The summed E-state index contributed by atoms with van der Waals surface area (Å²) in [6, 6.07) is 0. The van der Waals surface area contributed by atoms with Crippen molar-refractivity contribution in [3.8, 4) is 0 Å². The maximum Gasteiger partial charge on any atom is 0.289 e. The molecule has 4 nitrogen and oxygen atoms in total. The summed E-state index contributed by atoms with van der Waals surface area (Å²) in [5.41, 5.74) is -1.94. The molecule has 0 saturated carbocycles. The van der Waals surface area contributed by atoms with Crippen molar-refractivity contribution >= 4 is 0 Å². The third-order valence-corrected chi connectivity index (χ3v) is 2.64. The quantitative estimate of drug-likeness (QED) is 0.555. The standard InChI is InChI=1S/C9H18F2N2O2/c1-15-5-4-13-6-8(14)2-3-12-7-9(8,10)11/h12-14H,2-7H2,1H3. The van der Waals surface area contributed by atoms with Crippen LogP contribution in [0.3, 0.4) is 0 Å². The second-order valence-corrected chi connectivity index (χ2v) is 3.83. The number of hydrogen-bond donors (Lipinski definition) is 3. The molecular formula is C9H18F2N2O2. The highest BCUT2D eigenvalue weighted by molar-refractivity contribution is 4.99. The fourth-order valence-electron chi connectivity index (χ4n) is 1.58. The van der Waals surface area contributed by atoms with Crippen molar-refractivity contribution in [3.63, 3.8) is 0 Å². The van der Waals surface area contributed by atoms with Crippen molar-refractivity contribution in [1.82, 2.24) is 10.6 Å². The molecule has 6 heteroatoms. The first-order valence-electron chi connectivity index (χ1n) is 5.02. The molecular weight excluding hydrogens is 206 g/mol. The van der Waals surface area contributed by atoms with E-state index < -0.39 is 18.1 Å². The van der Waals surface area contributed by atoms with Gasteiger partial charge in [-0.05, 0) is 13.0 Å². The number of piperidine rings is 1. The number of nitrogens with one attached hydrogen (secondary N) is 2. The SMILES string of the molecule is COCCNCC1(O)CCNCC1(F)F. The number of halogens is 2. The molecule has 0 amide bonds. The van der Waals surface area contributed by atoms with E-state index in [1.807, 2.05) is 0 Å². The lowest BCUT2D eigenvalue weighted by Crippen LogP contribution is -2.63. The Morgan fingerprint density at radius 3 is 2.87 bits per heavy atom. The smallest absolute Gasteiger partial charge is 0.289 e. The molecule has 90 valence electrons. The van der Waals surface area contributed by atoms with E-state index in [1.54, 1.807) is 0 Å². The lowest BCUT2D eigenvalue weighted by atomic mass is 9.88. The van der Waals surface area contributed by atoms with Crippen LogP contribution >= 0.6 is 0 Å². The van der Waals surface area contributed by atoms with Crippen LogP contribution in [0.25, 0.3) is 0 Å². The molecule has 0 aromatic carbocycles. The molecule has 0 aromatic heterocycles. The summed E-state index contributed by atoms with van der Waals surface area (Å²) >= 11 is 0. The highest BCUT2D eigenvalue weighted by Crippen LogP contribution is 2.32. The van der Waals surface area contributed by atoms with Gasteiger partial charge in [-0.15, -0.1) is 0 Å².